The highest BCUT2D eigenvalue weighted by atomic mass is 19.2. The highest BCUT2D eigenvalue weighted by Crippen LogP contribution is 2.25. The monoisotopic (exact) mass is 218 g/mol. The van der Waals surface area contributed by atoms with Crippen LogP contribution in [0.15, 0.2) is 24.5 Å². The summed E-state index contributed by atoms with van der Waals surface area (Å²) >= 11 is 0. The molecule has 0 unspecified atom stereocenters. The summed E-state index contributed by atoms with van der Waals surface area (Å²) in [4.78, 5) is 0. The van der Waals surface area contributed by atoms with Crippen LogP contribution in [0.1, 0.15) is 5.56 Å². The Balaban J connectivity index is 2.60. The van der Waals surface area contributed by atoms with E-state index in [9.17, 15) is 8.78 Å². The molecule has 0 N–H and O–H groups in total. The van der Waals surface area contributed by atoms with Crippen LogP contribution in [-0.2, 0) is 7.05 Å². The summed E-state index contributed by atoms with van der Waals surface area (Å²) < 4.78 is 28.6. The third-order valence-electron chi connectivity index (χ3n) is 2.25. The summed E-state index contributed by atoms with van der Waals surface area (Å²) in [6, 6.07) is 2.82. The molecule has 1 aromatic heterocycles. The molecule has 0 atom stereocenters. The number of nitrogens with zero attached hydrogens (tertiary/aromatic N) is 2. The van der Waals surface area contributed by atoms with Gasteiger partial charge in [-0.15, -0.1) is 6.42 Å². The molecule has 0 radical (unpaired) electrons. The fourth-order valence-electron chi connectivity index (χ4n) is 1.44. The molecule has 2 aromatic rings. The number of aryl methyl sites for hydroxylation is 1. The lowest BCUT2D eigenvalue weighted by atomic mass is 10.1. The van der Waals surface area contributed by atoms with Crippen molar-refractivity contribution in [1.82, 2.24) is 9.78 Å². The Morgan fingerprint density at radius 1 is 1.31 bits per heavy atom. The number of hydrogen-bond acceptors (Lipinski definition) is 1. The van der Waals surface area contributed by atoms with Gasteiger partial charge in [-0.3, -0.25) is 4.68 Å². The normalized spacial score (nSPS) is 10.1. The summed E-state index contributed by atoms with van der Waals surface area (Å²) in [6.07, 6.45) is 8.11. The molecule has 0 aliphatic heterocycles. The van der Waals surface area contributed by atoms with Crippen molar-refractivity contribution in [2.75, 3.05) is 0 Å². The Hall–Kier alpha value is -2.15. The third kappa shape index (κ3) is 1.57. The lowest BCUT2D eigenvalue weighted by Crippen LogP contribution is -1.93. The van der Waals surface area contributed by atoms with Crippen molar-refractivity contribution in [2.45, 2.75) is 0 Å². The molecule has 2 nitrogen and oxygen atoms in total. The first-order valence-electron chi connectivity index (χ1n) is 4.57. The van der Waals surface area contributed by atoms with Gasteiger partial charge in [-0.25, -0.2) is 8.78 Å². The Morgan fingerprint density at radius 2 is 2.06 bits per heavy atom. The fourth-order valence-corrected chi connectivity index (χ4v) is 1.44. The first-order valence-corrected chi connectivity index (χ1v) is 4.57. The van der Waals surface area contributed by atoms with Crippen LogP contribution in [0.25, 0.3) is 11.1 Å². The minimum Gasteiger partial charge on any atom is -0.275 e. The Labute approximate surface area is 91.5 Å². The van der Waals surface area contributed by atoms with Gasteiger partial charge in [0.15, 0.2) is 11.6 Å². The van der Waals surface area contributed by atoms with Crippen molar-refractivity contribution in [3.63, 3.8) is 0 Å². The Bertz CT molecular complexity index is 579. The SMILES string of the molecule is C#Cc1ccc(-c2cnn(C)c2)c(F)c1F. The molecule has 0 spiro atoms. The molecule has 0 aliphatic carbocycles. The van der Waals surface area contributed by atoms with Gasteiger partial charge >= 0.3 is 0 Å². The number of terminal acetylenes is 1. The Kier molecular flexibility index (Phi) is 2.45. The van der Waals surface area contributed by atoms with Crippen molar-refractivity contribution >= 4 is 0 Å². The van der Waals surface area contributed by atoms with E-state index in [2.05, 4.69) is 11.0 Å². The van der Waals surface area contributed by atoms with Crippen LogP contribution in [0.3, 0.4) is 0 Å². The second-order valence-electron chi connectivity index (χ2n) is 3.34. The van der Waals surface area contributed by atoms with Gasteiger partial charge in [-0.2, -0.15) is 5.10 Å². The minimum atomic E-state index is -0.996. The summed E-state index contributed by atoms with van der Waals surface area (Å²) in [6.45, 7) is 0. The lowest BCUT2D eigenvalue weighted by Gasteiger charge is -2.02. The van der Waals surface area contributed by atoms with Crippen LogP contribution in [0, 0.1) is 24.0 Å². The number of benzene rings is 1. The smallest absolute Gasteiger partial charge is 0.175 e. The summed E-state index contributed by atoms with van der Waals surface area (Å²) in [5, 5.41) is 3.89. The minimum absolute atomic E-state index is 0.0786. The molecule has 1 aromatic carbocycles. The fraction of sp³-hybridized carbons (Fsp3) is 0.0833. The van der Waals surface area contributed by atoms with Crippen molar-refractivity contribution in [1.29, 1.82) is 0 Å². The van der Waals surface area contributed by atoms with E-state index in [0.29, 0.717) is 5.56 Å². The molecule has 4 heteroatoms. The molecule has 0 fully saturated rings. The van der Waals surface area contributed by atoms with Crippen molar-refractivity contribution < 1.29 is 8.78 Å². The highest BCUT2D eigenvalue weighted by molar-refractivity contribution is 5.64. The zero-order valence-electron chi connectivity index (χ0n) is 8.54. The van der Waals surface area contributed by atoms with Gasteiger partial charge in [-0.05, 0) is 12.1 Å². The zero-order chi connectivity index (χ0) is 11.7. The molecule has 2 rings (SSSR count). The van der Waals surface area contributed by atoms with Gasteiger partial charge in [0, 0.05) is 24.4 Å². The summed E-state index contributed by atoms with van der Waals surface area (Å²) in [5.41, 5.74) is 0.595. The predicted molar refractivity (Wildman–Crippen MR) is 56.5 cm³/mol. The van der Waals surface area contributed by atoms with Crippen LogP contribution in [-0.4, -0.2) is 9.78 Å². The van der Waals surface area contributed by atoms with E-state index in [1.54, 1.807) is 13.2 Å². The van der Waals surface area contributed by atoms with Crippen LogP contribution < -0.4 is 0 Å². The molecule has 1 heterocycles. The quantitative estimate of drug-likeness (QED) is 0.672. The van der Waals surface area contributed by atoms with Gasteiger partial charge in [0.05, 0.1) is 11.8 Å². The molecule has 0 amide bonds. The first kappa shape index (κ1) is 10.4. The van der Waals surface area contributed by atoms with Gasteiger partial charge in [0.25, 0.3) is 0 Å². The number of hydrogen-bond donors (Lipinski definition) is 0. The maximum absolute atomic E-state index is 13.6. The zero-order valence-corrected chi connectivity index (χ0v) is 8.54. The van der Waals surface area contributed by atoms with Crippen molar-refractivity contribution in [2.24, 2.45) is 7.05 Å². The molecular formula is C12H8F2N2. The average molecular weight is 218 g/mol. The molecule has 0 saturated heterocycles. The topological polar surface area (TPSA) is 17.8 Å². The van der Waals surface area contributed by atoms with Crippen LogP contribution in [0.4, 0.5) is 8.78 Å². The maximum atomic E-state index is 13.6. The lowest BCUT2D eigenvalue weighted by molar-refractivity contribution is 0.509. The first-order chi connectivity index (χ1) is 7.63. The van der Waals surface area contributed by atoms with E-state index in [4.69, 9.17) is 6.42 Å². The molecule has 80 valence electrons. The standard InChI is InChI=1S/C12H8F2N2/c1-3-8-4-5-10(12(14)11(8)13)9-6-15-16(2)7-9/h1,4-7H,2H3. The van der Waals surface area contributed by atoms with Gasteiger partial charge in [0.1, 0.15) is 0 Å². The van der Waals surface area contributed by atoms with E-state index in [0.717, 1.165) is 0 Å². The van der Waals surface area contributed by atoms with E-state index >= 15 is 0 Å². The van der Waals surface area contributed by atoms with E-state index < -0.39 is 11.6 Å². The van der Waals surface area contributed by atoms with Gasteiger partial charge in [-0.1, -0.05) is 5.92 Å². The predicted octanol–water partition coefficient (Wildman–Crippen LogP) is 2.35. The molecule has 0 bridgehead atoms. The maximum Gasteiger partial charge on any atom is 0.175 e. The second-order valence-corrected chi connectivity index (χ2v) is 3.34. The van der Waals surface area contributed by atoms with Gasteiger partial charge < -0.3 is 0 Å². The van der Waals surface area contributed by atoms with Crippen molar-refractivity contribution in [3.8, 4) is 23.5 Å². The van der Waals surface area contributed by atoms with E-state index in [1.165, 1.54) is 23.0 Å². The van der Waals surface area contributed by atoms with E-state index in [1.807, 2.05) is 0 Å². The molecular weight excluding hydrogens is 210 g/mol. The van der Waals surface area contributed by atoms with Gasteiger partial charge in [0.2, 0.25) is 0 Å². The van der Waals surface area contributed by atoms with Crippen LogP contribution in [0.2, 0.25) is 0 Å². The average Bonchev–Trinajstić information content (AvgIpc) is 2.69. The molecule has 0 saturated carbocycles. The van der Waals surface area contributed by atoms with Crippen molar-refractivity contribution in [3.05, 3.63) is 41.7 Å². The number of halogens is 2. The summed E-state index contributed by atoms with van der Waals surface area (Å²) in [7, 11) is 1.70. The largest absolute Gasteiger partial charge is 0.275 e. The number of rotatable bonds is 1. The third-order valence-corrected chi connectivity index (χ3v) is 2.25. The molecule has 16 heavy (non-hydrogen) atoms. The molecule has 0 aliphatic rings. The number of aromatic nitrogens is 2. The second kappa shape index (κ2) is 3.78. The highest BCUT2D eigenvalue weighted by Gasteiger charge is 2.14. The van der Waals surface area contributed by atoms with E-state index in [-0.39, 0.29) is 11.1 Å². The van der Waals surface area contributed by atoms with Crippen LogP contribution in [0.5, 0.6) is 0 Å². The summed E-state index contributed by atoms with van der Waals surface area (Å²) in [5.74, 6) is 0.146. The Morgan fingerprint density at radius 3 is 2.62 bits per heavy atom. The van der Waals surface area contributed by atoms with Crippen LogP contribution >= 0.6 is 0 Å².